The number of primary amides is 1. The highest BCUT2D eigenvalue weighted by Crippen LogP contribution is 2.42. The van der Waals surface area contributed by atoms with Gasteiger partial charge < -0.3 is 83.5 Å². The number of nitrogens with zero attached hydrogens (tertiary/aromatic N) is 2. The van der Waals surface area contributed by atoms with Crippen LogP contribution in [0.2, 0.25) is 0 Å². The van der Waals surface area contributed by atoms with E-state index in [0.29, 0.717) is 67.3 Å². The summed E-state index contributed by atoms with van der Waals surface area (Å²) in [4.78, 5) is 145. The Balaban J connectivity index is 1.52. The van der Waals surface area contributed by atoms with Crippen molar-refractivity contribution < 1.29 is 68.4 Å². The van der Waals surface area contributed by atoms with E-state index in [9.17, 15) is 68.4 Å². The van der Waals surface area contributed by atoms with Gasteiger partial charge in [0.15, 0.2) is 0 Å². The lowest BCUT2D eigenvalue weighted by atomic mass is 9.93. The van der Waals surface area contributed by atoms with Crippen LogP contribution < -0.4 is 53.2 Å². The van der Waals surface area contributed by atoms with Crippen LogP contribution in [0.4, 0.5) is 5.69 Å². The summed E-state index contributed by atoms with van der Waals surface area (Å²) in [5, 5.41) is 64.9. The topological polar surface area (TPSA) is 396 Å². The molecule has 5 heterocycles. The number of aromatic nitrogens is 1. The number of carbonyl (C=O) groups is 10. The third-order valence-corrected chi connectivity index (χ3v) is 15.6. The fraction of sp³-hybridized carbons (Fsp3) is 0.600. The van der Waals surface area contributed by atoms with Crippen molar-refractivity contribution in [3.8, 4) is 18.1 Å². The van der Waals surface area contributed by atoms with Crippen LogP contribution >= 0.6 is 11.8 Å². The zero-order valence-electron chi connectivity index (χ0n) is 43.1. The van der Waals surface area contributed by atoms with E-state index in [1.807, 2.05) is 4.90 Å². The van der Waals surface area contributed by atoms with E-state index < -0.39 is 159 Å². The van der Waals surface area contributed by atoms with Gasteiger partial charge in [-0.1, -0.05) is 27.2 Å². The van der Waals surface area contributed by atoms with Crippen molar-refractivity contribution in [3.63, 3.8) is 0 Å². The molecule has 1 aromatic heterocycles. The minimum atomic E-state index is -1.79. The first-order chi connectivity index (χ1) is 36.6. The smallest absolute Gasteiger partial charge is 0.246 e. The van der Waals surface area contributed by atoms with Crippen LogP contribution in [-0.4, -0.2) is 189 Å². The van der Waals surface area contributed by atoms with Crippen LogP contribution in [-0.2, 0) is 54.4 Å². The second-order valence-electron chi connectivity index (χ2n) is 20.0. The van der Waals surface area contributed by atoms with Crippen molar-refractivity contribution in [1.82, 2.24) is 52.4 Å². The zero-order valence-corrected chi connectivity index (χ0v) is 44.0. The van der Waals surface area contributed by atoms with Crippen LogP contribution in [0.1, 0.15) is 77.7 Å². The number of fused-ring (bicyclic) bond motifs is 5. The lowest BCUT2D eigenvalue weighted by Gasteiger charge is -2.34. The van der Waals surface area contributed by atoms with Gasteiger partial charge in [0, 0.05) is 68.4 Å². The minimum absolute atomic E-state index is 0.141. The maximum absolute atomic E-state index is 14.8. The number of aliphatic hydroxyl groups excluding tert-OH is 3. The van der Waals surface area contributed by atoms with Gasteiger partial charge in [0.1, 0.15) is 47.7 Å². The molecule has 10 atom stereocenters. The lowest BCUT2D eigenvalue weighted by Crippen LogP contribution is -2.62. The van der Waals surface area contributed by atoms with Crippen LogP contribution in [0, 0.1) is 24.2 Å². The number of carbonyl (C=O) groups excluding carboxylic acids is 10. The van der Waals surface area contributed by atoms with Gasteiger partial charge in [0.2, 0.25) is 59.1 Å². The molecule has 0 unspecified atom stereocenters. The number of aliphatic hydroxyl groups is 3. The van der Waals surface area contributed by atoms with Crippen molar-refractivity contribution in [2.75, 3.05) is 50.0 Å². The number of hydrogen-bond acceptors (Lipinski definition) is 16. The maximum atomic E-state index is 14.8. The van der Waals surface area contributed by atoms with Gasteiger partial charge in [-0.05, 0) is 42.9 Å². The number of nitrogens with one attached hydrogen (secondary N) is 9. The first-order valence-electron chi connectivity index (χ1n) is 25.7. The molecule has 2 fully saturated rings. The van der Waals surface area contributed by atoms with Gasteiger partial charge in [-0.2, -0.15) is 0 Å². The Hall–Kier alpha value is -7.15. The number of H-pyrrole nitrogens is 1. The molecule has 2 bridgehead atoms. The van der Waals surface area contributed by atoms with E-state index in [-0.39, 0.29) is 34.9 Å². The summed E-state index contributed by atoms with van der Waals surface area (Å²) >= 11 is 0.941. The number of piperidine rings is 1. The molecular formula is C50H70N12O14S. The number of aromatic amines is 1. The number of anilines is 1. The van der Waals surface area contributed by atoms with E-state index in [0.717, 1.165) is 16.7 Å². The van der Waals surface area contributed by atoms with Gasteiger partial charge >= 0.3 is 0 Å². The molecule has 26 nitrogen and oxygen atoms in total. The second-order valence-corrected chi connectivity index (χ2v) is 21.0. The summed E-state index contributed by atoms with van der Waals surface area (Å²) in [6.45, 7) is 2.68. The number of benzene rings is 1. The summed E-state index contributed by atoms with van der Waals surface area (Å²) in [5.74, 6) is -8.64. The fourth-order valence-corrected chi connectivity index (χ4v) is 10.9. The Morgan fingerprint density at radius 2 is 1.58 bits per heavy atom. The zero-order chi connectivity index (χ0) is 56.2. The monoisotopic (exact) mass is 1090 g/mol. The van der Waals surface area contributed by atoms with Crippen LogP contribution in [0.3, 0.4) is 0 Å². The molecule has 0 spiro atoms. The van der Waals surface area contributed by atoms with E-state index in [1.165, 1.54) is 13.0 Å². The fourth-order valence-electron chi connectivity index (χ4n) is 9.83. The molecule has 10 amide bonds. The molecule has 77 heavy (non-hydrogen) atoms. The Kier molecular flexibility index (Phi) is 20.5. The van der Waals surface area contributed by atoms with E-state index in [1.54, 1.807) is 19.9 Å². The number of rotatable bonds is 12. The summed E-state index contributed by atoms with van der Waals surface area (Å²) in [7, 11) is 0. The molecule has 15 N–H and O–H groups in total. The van der Waals surface area contributed by atoms with E-state index in [2.05, 4.69) is 53.4 Å². The number of nitrogens with two attached hydrogens (primary N) is 1. The van der Waals surface area contributed by atoms with Crippen molar-refractivity contribution in [2.24, 2.45) is 17.6 Å². The molecule has 4 aliphatic heterocycles. The Labute approximate surface area is 448 Å². The normalized spacial score (nSPS) is 26.0. The van der Waals surface area contributed by atoms with Crippen LogP contribution in [0.15, 0.2) is 17.2 Å². The molecule has 6 rings (SSSR count). The number of terminal acetylenes is 1. The summed E-state index contributed by atoms with van der Waals surface area (Å²) in [5.41, 5.74) is 6.56. The number of hydrogen-bond donors (Lipinski definition) is 14. The van der Waals surface area contributed by atoms with Gasteiger partial charge in [-0.3, -0.25) is 47.9 Å². The number of unbranched alkanes of at least 4 members (excludes halogenated alkanes) is 1. The molecule has 1 aromatic carbocycles. The average molecular weight is 1100 g/mol. The van der Waals surface area contributed by atoms with E-state index in [4.69, 9.17) is 12.2 Å². The Bertz CT molecular complexity index is 2620. The van der Waals surface area contributed by atoms with Gasteiger partial charge in [-0.15, -0.1) is 24.1 Å². The molecule has 2 saturated heterocycles. The first-order valence-corrected chi connectivity index (χ1v) is 26.7. The summed E-state index contributed by atoms with van der Waals surface area (Å²) in [6.07, 6.45) is 3.37. The standard InChI is InChI=1S/C50H70N12O14S/c1-5-7-8-9-37(68)54-26-12-14-61(15-13-26)43-34(65)11-10-28-29-17-30-44(71)52-20-39(70)58-40(24(3)6-2)47(74)53-19-38(69)55-32(23-77-49(29)60-42(28)43)45(72)57-31(18-36(51)67)50(76)62-21-27(64)16-33(62)46(73)59-41(48(75)56-30)25(4)35(66)22-63/h1,10-11,24-27,30-33,35,40-41,60,63-66H,6-9,12-23H2,2-4H3,(H2,51,67)(H,52,71)(H,53,74)(H,54,68)(H,55,69)(H,56,75)(H,57,72)(H,58,70)(H,59,73)/t24-,25-,27+,30+,31-,32-,33-,35-,40-,41-/m0/s1. The van der Waals surface area contributed by atoms with Gasteiger partial charge in [-0.25, -0.2) is 0 Å². The SMILES string of the molecule is C#CCCCC(=O)NC1CCN(c2c(O)ccc3c4c([nH]c23)SC[C@@H]2NC(=O)CNC(=O)[C@H]([C@@H](C)CC)NC(=O)CNC(=O)[C@@H](C4)NC(=O)[C@H]([C@@H](C)[C@@H](O)CO)NC(=O)[C@@H]3C[C@@H](O)CN3C(=O)[C@H](CC(N)=O)NC2=O)CC1. The second kappa shape index (κ2) is 26.8. The van der Waals surface area contributed by atoms with Gasteiger partial charge in [0.05, 0.1) is 48.9 Å². The molecule has 0 radical (unpaired) electrons. The Morgan fingerprint density at radius 1 is 0.896 bits per heavy atom. The third kappa shape index (κ3) is 14.9. The molecule has 2 aromatic rings. The van der Waals surface area contributed by atoms with Crippen LogP contribution in [0.25, 0.3) is 10.9 Å². The molecule has 0 aliphatic carbocycles. The number of thioether (sulfide) groups is 1. The highest BCUT2D eigenvalue weighted by atomic mass is 32.2. The lowest BCUT2D eigenvalue weighted by molar-refractivity contribution is -0.144. The maximum Gasteiger partial charge on any atom is 0.246 e. The largest absolute Gasteiger partial charge is 0.506 e. The highest BCUT2D eigenvalue weighted by Gasteiger charge is 2.45. The molecule has 0 saturated carbocycles. The van der Waals surface area contributed by atoms with Crippen molar-refractivity contribution in [2.45, 2.75) is 138 Å². The molecule has 27 heteroatoms. The predicted molar refractivity (Wildman–Crippen MR) is 278 cm³/mol. The van der Waals surface area contributed by atoms with Gasteiger partial charge in [0.25, 0.3) is 0 Å². The van der Waals surface area contributed by atoms with Crippen molar-refractivity contribution >= 4 is 87.4 Å². The number of aromatic hydroxyl groups is 1. The first kappa shape index (κ1) is 59.1. The van der Waals surface area contributed by atoms with Crippen LogP contribution in [0.5, 0.6) is 5.75 Å². The molecule has 420 valence electrons. The Morgan fingerprint density at radius 3 is 2.25 bits per heavy atom. The summed E-state index contributed by atoms with van der Waals surface area (Å²) < 4.78 is 0. The number of amides is 10. The molecular weight excluding hydrogens is 1020 g/mol. The third-order valence-electron chi connectivity index (χ3n) is 14.4. The minimum Gasteiger partial charge on any atom is -0.506 e. The number of phenols is 1. The predicted octanol–water partition coefficient (Wildman–Crippen LogP) is -4.05. The highest BCUT2D eigenvalue weighted by molar-refractivity contribution is 7.99. The quantitative estimate of drug-likeness (QED) is 0.0711. The van der Waals surface area contributed by atoms with Crippen molar-refractivity contribution in [1.29, 1.82) is 0 Å². The summed E-state index contributed by atoms with van der Waals surface area (Å²) in [6, 6.07) is -6.76. The van der Waals surface area contributed by atoms with Crippen molar-refractivity contribution in [3.05, 3.63) is 17.7 Å². The number of phenolic OH excluding ortho intramolecular Hbond substituents is 1. The molecule has 4 aliphatic rings. The average Bonchev–Trinajstić information content (AvgIpc) is 3.98. The van der Waals surface area contributed by atoms with E-state index >= 15 is 0 Å².